The van der Waals surface area contributed by atoms with Crippen LogP contribution in [0.1, 0.15) is 5.69 Å². The zero-order valence-corrected chi connectivity index (χ0v) is 12.9. The molecule has 1 amide bonds. The third kappa shape index (κ3) is 4.07. The van der Waals surface area contributed by atoms with Gasteiger partial charge in [0.05, 0.1) is 5.75 Å². The first-order chi connectivity index (χ1) is 11.2. The normalized spacial score (nSPS) is 10.5. The number of nitrogens with one attached hydrogen (secondary N) is 1. The Morgan fingerprint density at radius 2 is 2.04 bits per heavy atom. The number of amides is 1. The zero-order chi connectivity index (χ0) is 16.1. The Morgan fingerprint density at radius 1 is 1.17 bits per heavy atom. The van der Waals surface area contributed by atoms with Crippen LogP contribution in [0.15, 0.2) is 42.5 Å². The summed E-state index contributed by atoms with van der Waals surface area (Å²) in [5.74, 6) is 0.954. The Balaban J connectivity index is 1.61. The minimum atomic E-state index is -0.186. The molecule has 0 atom stereocenters. The third-order valence-electron chi connectivity index (χ3n) is 2.70. The number of carbonyl (C=O) groups excluding carboxylic acids is 1. The lowest BCUT2D eigenvalue weighted by Gasteiger charge is -2.05. The molecule has 0 radical (unpaired) electrons. The molecule has 3 aromatic rings. The van der Waals surface area contributed by atoms with Crippen molar-refractivity contribution in [2.75, 3.05) is 11.1 Å². The lowest BCUT2D eigenvalue weighted by Crippen LogP contribution is -2.15. The van der Waals surface area contributed by atoms with Gasteiger partial charge in [-0.15, -0.1) is 0 Å². The molecule has 0 unspecified atom stereocenters. The van der Waals surface area contributed by atoms with Crippen molar-refractivity contribution >= 4 is 23.5 Å². The Morgan fingerprint density at radius 3 is 2.83 bits per heavy atom. The minimum Gasteiger partial charge on any atom is -0.310 e. The average Bonchev–Trinajstić information content (AvgIpc) is 3.08. The van der Waals surface area contributed by atoms with Gasteiger partial charge in [-0.05, 0) is 13.0 Å². The number of anilines is 1. The first-order valence-electron chi connectivity index (χ1n) is 6.59. The highest BCUT2D eigenvalue weighted by Gasteiger charge is 2.07. The molecular weight excluding hydrogens is 316 g/mol. The number of hydrogen-bond donors (Lipinski definition) is 1. The van der Waals surface area contributed by atoms with E-state index in [1.807, 2.05) is 13.0 Å². The minimum absolute atomic E-state index is 0.186. The van der Waals surface area contributed by atoms with Crippen LogP contribution >= 0.6 is 11.8 Å². The maximum atomic E-state index is 12.0. The fourth-order valence-corrected chi connectivity index (χ4v) is 2.42. The first-order valence-corrected chi connectivity index (χ1v) is 7.57. The Bertz CT molecular complexity index is 807. The van der Waals surface area contributed by atoms with E-state index in [0.29, 0.717) is 11.6 Å². The van der Waals surface area contributed by atoms with Crippen molar-refractivity contribution in [3.8, 4) is 5.82 Å². The van der Waals surface area contributed by atoms with E-state index in [4.69, 9.17) is 0 Å². The smallest absolute Gasteiger partial charge is 0.235 e. The van der Waals surface area contributed by atoms with Gasteiger partial charge in [-0.1, -0.05) is 11.8 Å². The summed E-state index contributed by atoms with van der Waals surface area (Å²) in [4.78, 5) is 32.0. The number of aromatic nitrogens is 7. The van der Waals surface area contributed by atoms with Crippen LogP contribution in [-0.2, 0) is 4.79 Å². The predicted octanol–water partition coefficient (Wildman–Crippen LogP) is 0.887. The van der Waals surface area contributed by atoms with Crippen LogP contribution in [0.25, 0.3) is 5.82 Å². The SMILES string of the molecule is Cc1cc(SCC(=O)Nc2cc(-n3cncn3)ncn2)ncn1. The fourth-order valence-electron chi connectivity index (χ4n) is 1.69. The molecule has 116 valence electrons. The van der Waals surface area contributed by atoms with E-state index < -0.39 is 0 Å². The molecular formula is C13H12N8OS. The Kier molecular flexibility index (Phi) is 4.52. The van der Waals surface area contributed by atoms with Crippen LogP contribution in [0.4, 0.5) is 5.82 Å². The molecule has 0 aromatic carbocycles. The number of thioether (sulfide) groups is 1. The van der Waals surface area contributed by atoms with Crippen molar-refractivity contribution in [1.29, 1.82) is 0 Å². The number of hydrogen-bond acceptors (Lipinski definition) is 8. The lowest BCUT2D eigenvalue weighted by atomic mass is 10.5. The summed E-state index contributed by atoms with van der Waals surface area (Å²) in [7, 11) is 0. The number of rotatable bonds is 5. The van der Waals surface area contributed by atoms with Gasteiger partial charge in [0.15, 0.2) is 5.82 Å². The van der Waals surface area contributed by atoms with E-state index in [9.17, 15) is 4.79 Å². The second-order valence-corrected chi connectivity index (χ2v) is 5.43. The van der Waals surface area contributed by atoms with Gasteiger partial charge in [-0.3, -0.25) is 4.79 Å². The van der Waals surface area contributed by atoms with Gasteiger partial charge in [0, 0.05) is 11.8 Å². The third-order valence-corrected chi connectivity index (χ3v) is 3.63. The van der Waals surface area contributed by atoms with E-state index in [-0.39, 0.29) is 11.7 Å². The van der Waals surface area contributed by atoms with Crippen LogP contribution < -0.4 is 5.32 Å². The summed E-state index contributed by atoms with van der Waals surface area (Å²) >= 11 is 1.33. The van der Waals surface area contributed by atoms with Crippen LogP contribution in [0.5, 0.6) is 0 Å². The zero-order valence-electron chi connectivity index (χ0n) is 12.1. The molecule has 0 spiro atoms. The van der Waals surface area contributed by atoms with Gasteiger partial charge < -0.3 is 5.32 Å². The maximum absolute atomic E-state index is 12.0. The van der Waals surface area contributed by atoms with E-state index in [0.717, 1.165) is 10.7 Å². The molecule has 0 bridgehead atoms. The van der Waals surface area contributed by atoms with Gasteiger partial charge in [0.2, 0.25) is 5.91 Å². The Labute approximate surface area is 135 Å². The Hall–Kier alpha value is -2.88. The quantitative estimate of drug-likeness (QED) is 0.543. The highest BCUT2D eigenvalue weighted by molar-refractivity contribution is 7.99. The molecule has 0 fully saturated rings. The van der Waals surface area contributed by atoms with E-state index >= 15 is 0 Å². The summed E-state index contributed by atoms with van der Waals surface area (Å²) < 4.78 is 1.48. The molecule has 23 heavy (non-hydrogen) atoms. The van der Waals surface area contributed by atoms with Gasteiger partial charge in [-0.2, -0.15) is 5.10 Å². The van der Waals surface area contributed by atoms with Crippen LogP contribution in [-0.4, -0.2) is 46.4 Å². The van der Waals surface area contributed by atoms with Crippen molar-refractivity contribution in [3.63, 3.8) is 0 Å². The first kappa shape index (κ1) is 15.0. The van der Waals surface area contributed by atoms with Crippen molar-refractivity contribution in [3.05, 3.63) is 43.1 Å². The van der Waals surface area contributed by atoms with Crippen LogP contribution in [0, 0.1) is 6.92 Å². The molecule has 10 heteroatoms. The summed E-state index contributed by atoms with van der Waals surface area (Å²) in [6, 6.07) is 3.44. The highest BCUT2D eigenvalue weighted by Crippen LogP contribution is 2.15. The average molecular weight is 328 g/mol. The summed E-state index contributed by atoms with van der Waals surface area (Å²) in [5, 5.41) is 7.44. The van der Waals surface area contributed by atoms with Crippen LogP contribution in [0.2, 0.25) is 0 Å². The summed E-state index contributed by atoms with van der Waals surface area (Å²) in [6.45, 7) is 1.87. The van der Waals surface area contributed by atoms with Crippen molar-refractivity contribution in [1.82, 2.24) is 34.7 Å². The molecule has 0 aliphatic heterocycles. The standard InChI is InChI=1S/C13H12N8OS/c1-9-2-13(18-6-15-9)23-4-12(22)20-10-3-11(17-7-16-10)21-8-14-5-19-21/h2-3,5-8H,4H2,1H3,(H,16,17,20,22). The molecule has 3 aromatic heterocycles. The predicted molar refractivity (Wildman–Crippen MR) is 83.1 cm³/mol. The van der Waals surface area contributed by atoms with Gasteiger partial charge in [0.1, 0.15) is 36.2 Å². The number of carbonyl (C=O) groups is 1. The molecule has 3 rings (SSSR count). The molecule has 0 saturated carbocycles. The van der Waals surface area contributed by atoms with Crippen molar-refractivity contribution in [2.24, 2.45) is 0 Å². The van der Waals surface area contributed by atoms with Gasteiger partial charge >= 0.3 is 0 Å². The topological polar surface area (TPSA) is 111 Å². The number of aryl methyl sites for hydroxylation is 1. The maximum Gasteiger partial charge on any atom is 0.235 e. The van der Waals surface area contributed by atoms with E-state index in [1.54, 1.807) is 6.07 Å². The second-order valence-electron chi connectivity index (χ2n) is 4.44. The fraction of sp³-hybridized carbons (Fsp3) is 0.154. The van der Waals surface area contributed by atoms with E-state index in [2.05, 4.69) is 35.3 Å². The highest BCUT2D eigenvalue weighted by atomic mass is 32.2. The molecule has 0 aliphatic carbocycles. The largest absolute Gasteiger partial charge is 0.310 e. The molecule has 3 heterocycles. The molecule has 1 N–H and O–H groups in total. The monoisotopic (exact) mass is 328 g/mol. The van der Waals surface area contributed by atoms with Crippen molar-refractivity contribution in [2.45, 2.75) is 11.9 Å². The van der Waals surface area contributed by atoms with E-state index in [1.165, 1.54) is 41.8 Å². The molecule has 0 aliphatic rings. The molecule has 0 saturated heterocycles. The van der Waals surface area contributed by atoms with Gasteiger partial charge in [-0.25, -0.2) is 29.6 Å². The number of nitrogens with zero attached hydrogens (tertiary/aromatic N) is 7. The summed E-state index contributed by atoms with van der Waals surface area (Å²) in [5.41, 5.74) is 0.858. The van der Waals surface area contributed by atoms with Crippen molar-refractivity contribution < 1.29 is 4.79 Å². The van der Waals surface area contributed by atoms with Crippen LogP contribution in [0.3, 0.4) is 0 Å². The molecule has 9 nitrogen and oxygen atoms in total. The lowest BCUT2D eigenvalue weighted by molar-refractivity contribution is -0.113. The second kappa shape index (κ2) is 6.92. The van der Waals surface area contributed by atoms with Gasteiger partial charge in [0.25, 0.3) is 0 Å². The summed E-state index contributed by atoms with van der Waals surface area (Å²) in [6.07, 6.45) is 5.75.